The molecule has 0 amide bonds. The molecule has 5 heteroatoms. The van der Waals surface area contributed by atoms with Gasteiger partial charge in [-0.3, -0.25) is 0 Å². The third-order valence-corrected chi connectivity index (χ3v) is 2.59. The highest BCUT2D eigenvalue weighted by Gasteiger charge is 1.96. The first-order chi connectivity index (χ1) is 9.24. The van der Waals surface area contributed by atoms with Gasteiger partial charge in [0.2, 0.25) is 0 Å². The Balaban J connectivity index is 1.87. The van der Waals surface area contributed by atoms with Crippen LogP contribution in [0.5, 0.6) is 5.75 Å². The molecule has 2 aromatic rings. The van der Waals surface area contributed by atoms with Crippen molar-refractivity contribution in [2.45, 2.75) is 20.3 Å². The molecule has 5 nitrogen and oxygen atoms in total. The summed E-state index contributed by atoms with van der Waals surface area (Å²) in [5.74, 6) is 1.55. The van der Waals surface area contributed by atoms with Crippen LogP contribution in [0.3, 0.4) is 0 Å². The van der Waals surface area contributed by atoms with Crippen LogP contribution in [-0.2, 0) is 0 Å². The Labute approximate surface area is 112 Å². The Morgan fingerprint density at radius 2 is 1.89 bits per heavy atom. The molecule has 100 valence electrons. The predicted molar refractivity (Wildman–Crippen MR) is 74.4 cm³/mol. The van der Waals surface area contributed by atoms with E-state index in [1.807, 2.05) is 24.3 Å². The lowest BCUT2D eigenvalue weighted by atomic mass is 10.1. The number of ether oxygens (including phenoxy) is 1. The van der Waals surface area contributed by atoms with E-state index in [-0.39, 0.29) is 0 Å². The van der Waals surface area contributed by atoms with E-state index in [4.69, 9.17) is 4.74 Å². The molecule has 0 radical (unpaired) electrons. The molecule has 1 aromatic heterocycles. The van der Waals surface area contributed by atoms with Crippen molar-refractivity contribution in [3.8, 4) is 5.75 Å². The lowest BCUT2D eigenvalue weighted by Gasteiger charge is -2.07. The zero-order chi connectivity index (χ0) is 13.5. The molecule has 0 saturated heterocycles. The highest BCUT2D eigenvalue weighted by Crippen LogP contribution is 2.12. The van der Waals surface area contributed by atoms with Crippen LogP contribution < -0.4 is 4.74 Å². The molecule has 1 aromatic carbocycles. The fourth-order valence-electron chi connectivity index (χ4n) is 1.45. The molecule has 0 aliphatic heterocycles. The summed E-state index contributed by atoms with van der Waals surface area (Å²) >= 11 is 0. The van der Waals surface area contributed by atoms with Gasteiger partial charge in [-0.1, -0.05) is 13.8 Å². The number of rotatable bonds is 6. The molecule has 0 spiro atoms. The summed E-state index contributed by atoms with van der Waals surface area (Å²) in [4.78, 5) is 0. The van der Waals surface area contributed by atoms with Gasteiger partial charge in [-0.15, -0.1) is 10.2 Å². The Kier molecular flexibility index (Phi) is 4.66. The van der Waals surface area contributed by atoms with Gasteiger partial charge in [0, 0.05) is 0 Å². The minimum absolute atomic E-state index is 0.662. The zero-order valence-electron chi connectivity index (χ0n) is 11.2. The lowest BCUT2D eigenvalue weighted by molar-refractivity contribution is 0.289. The third-order valence-electron chi connectivity index (χ3n) is 2.59. The average Bonchev–Trinajstić information content (AvgIpc) is 2.90. The molecule has 0 unspecified atom stereocenters. The summed E-state index contributed by atoms with van der Waals surface area (Å²) in [6.45, 7) is 5.13. The predicted octanol–water partition coefficient (Wildman–Crippen LogP) is 2.59. The van der Waals surface area contributed by atoms with Crippen molar-refractivity contribution in [1.29, 1.82) is 0 Å². The van der Waals surface area contributed by atoms with E-state index in [0.29, 0.717) is 5.92 Å². The number of benzene rings is 1. The van der Waals surface area contributed by atoms with E-state index < -0.39 is 0 Å². The van der Waals surface area contributed by atoms with Gasteiger partial charge in [-0.05, 0) is 42.2 Å². The van der Waals surface area contributed by atoms with E-state index in [1.165, 1.54) is 0 Å². The van der Waals surface area contributed by atoms with Crippen LogP contribution >= 0.6 is 0 Å². The monoisotopic (exact) mass is 258 g/mol. The second-order valence-corrected chi connectivity index (χ2v) is 4.69. The second kappa shape index (κ2) is 6.68. The highest BCUT2D eigenvalue weighted by atomic mass is 16.5. The number of aromatic nitrogens is 3. The van der Waals surface area contributed by atoms with Gasteiger partial charge in [0.15, 0.2) is 0 Å². The van der Waals surface area contributed by atoms with Crippen molar-refractivity contribution < 1.29 is 4.74 Å². The van der Waals surface area contributed by atoms with Gasteiger partial charge < -0.3 is 4.74 Å². The normalized spacial score (nSPS) is 11.3. The Morgan fingerprint density at radius 1 is 1.21 bits per heavy atom. The van der Waals surface area contributed by atoms with Crippen LogP contribution in [0.2, 0.25) is 0 Å². The maximum absolute atomic E-state index is 5.65. The van der Waals surface area contributed by atoms with Crippen molar-refractivity contribution in [3.05, 3.63) is 42.5 Å². The molecule has 2 rings (SSSR count). The van der Waals surface area contributed by atoms with E-state index in [1.54, 1.807) is 23.5 Å². The second-order valence-electron chi connectivity index (χ2n) is 4.69. The highest BCUT2D eigenvalue weighted by molar-refractivity contribution is 5.79. The van der Waals surface area contributed by atoms with Gasteiger partial charge in [0.25, 0.3) is 0 Å². The van der Waals surface area contributed by atoms with Crippen molar-refractivity contribution >= 4 is 6.21 Å². The van der Waals surface area contributed by atoms with Gasteiger partial charge in [0.1, 0.15) is 18.4 Å². The molecular formula is C14H18N4O. The zero-order valence-corrected chi connectivity index (χ0v) is 11.2. The van der Waals surface area contributed by atoms with E-state index in [9.17, 15) is 0 Å². The minimum Gasteiger partial charge on any atom is -0.494 e. The standard InChI is InChI=1S/C14H18N4O/c1-12(2)7-8-19-14-5-3-13(4-6-14)9-17-18-10-15-16-11-18/h3-6,9-12H,7-8H2,1-2H3/b17-9-. The summed E-state index contributed by atoms with van der Waals surface area (Å²) in [5, 5.41) is 11.5. The molecule has 0 atom stereocenters. The molecular weight excluding hydrogens is 240 g/mol. The van der Waals surface area contributed by atoms with Crippen LogP contribution in [0.15, 0.2) is 42.0 Å². The molecule has 0 N–H and O–H groups in total. The van der Waals surface area contributed by atoms with Crippen LogP contribution in [0.4, 0.5) is 0 Å². The van der Waals surface area contributed by atoms with E-state index in [2.05, 4.69) is 29.1 Å². The van der Waals surface area contributed by atoms with Crippen LogP contribution in [0, 0.1) is 5.92 Å². The maximum atomic E-state index is 5.65. The smallest absolute Gasteiger partial charge is 0.141 e. The minimum atomic E-state index is 0.662. The van der Waals surface area contributed by atoms with Gasteiger partial charge in [-0.25, -0.2) is 4.68 Å². The Hall–Kier alpha value is -2.17. The summed E-state index contributed by atoms with van der Waals surface area (Å²) in [6.07, 6.45) is 5.90. The molecule has 0 saturated carbocycles. The van der Waals surface area contributed by atoms with Crippen LogP contribution in [-0.4, -0.2) is 27.7 Å². The lowest BCUT2D eigenvalue weighted by Crippen LogP contribution is -2.01. The molecule has 0 bridgehead atoms. The van der Waals surface area contributed by atoms with Crippen molar-refractivity contribution in [2.24, 2.45) is 11.0 Å². The fraction of sp³-hybridized carbons (Fsp3) is 0.357. The first-order valence-corrected chi connectivity index (χ1v) is 6.36. The van der Waals surface area contributed by atoms with Crippen LogP contribution in [0.1, 0.15) is 25.8 Å². The first kappa shape index (κ1) is 13.3. The van der Waals surface area contributed by atoms with E-state index >= 15 is 0 Å². The molecule has 0 aliphatic carbocycles. The number of hydrogen-bond donors (Lipinski definition) is 0. The third kappa shape index (κ3) is 4.54. The van der Waals surface area contributed by atoms with Gasteiger partial charge in [-0.2, -0.15) is 5.10 Å². The fourth-order valence-corrected chi connectivity index (χ4v) is 1.45. The molecule has 0 aliphatic rings. The largest absolute Gasteiger partial charge is 0.494 e. The molecule has 19 heavy (non-hydrogen) atoms. The summed E-state index contributed by atoms with van der Waals surface area (Å²) in [5.41, 5.74) is 1.00. The van der Waals surface area contributed by atoms with E-state index in [0.717, 1.165) is 24.3 Å². The summed E-state index contributed by atoms with van der Waals surface area (Å²) in [6, 6.07) is 7.85. The Bertz CT molecular complexity index is 503. The number of hydrogen-bond acceptors (Lipinski definition) is 4. The Morgan fingerprint density at radius 3 is 2.53 bits per heavy atom. The molecule has 1 heterocycles. The SMILES string of the molecule is CC(C)CCOc1ccc(/C=N\n2cnnc2)cc1. The number of nitrogens with zero attached hydrogens (tertiary/aromatic N) is 4. The van der Waals surface area contributed by atoms with Crippen molar-refractivity contribution in [2.75, 3.05) is 6.61 Å². The van der Waals surface area contributed by atoms with Crippen molar-refractivity contribution in [3.63, 3.8) is 0 Å². The van der Waals surface area contributed by atoms with Crippen molar-refractivity contribution in [1.82, 2.24) is 14.9 Å². The first-order valence-electron chi connectivity index (χ1n) is 6.36. The van der Waals surface area contributed by atoms with Gasteiger partial charge in [0.05, 0.1) is 12.8 Å². The summed E-state index contributed by atoms with van der Waals surface area (Å²) < 4.78 is 7.20. The topological polar surface area (TPSA) is 52.3 Å². The van der Waals surface area contributed by atoms with Crippen LogP contribution in [0.25, 0.3) is 0 Å². The van der Waals surface area contributed by atoms with Gasteiger partial charge >= 0.3 is 0 Å². The maximum Gasteiger partial charge on any atom is 0.141 e. The molecule has 0 fully saturated rings. The quantitative estimate of drug-likeness (QED) is 0.748. The summed E-state index contributed by atoms with van der Waals surface area (Å²) in [7, 11) is 0. The average molecular weight is 258 g/mol.